The van der Waals surface area contributed by atoms with Crippen molar-refractivity contribution in [2.45, 2.75) is 64.3 Å². The third kappa shape index (κ3) is 6.84. The molecule has 0 bridgehead atoms. The molecule has 25 heavy (non-hydrogen) atoms. The Morgan fingerprint density at radius 2 is 1.80 bits per heavy atom. The quantitative estimate of drug-likeness (QED) is 0.336. The predicted octanol–water partition coefficient (Wildman–Crippen LogP) is 1.72. The number of rotatable bonds is 9. The van der Waals surface area contributed by atoms with Crippen LogP contribution in [0.3, 0.4) is 0 Å². The molecule has 0 aromatic carbocycles. The van der Waals surface area contributed by atoms with Crippen LogP contribution < -0.4 is 16.0 Å². The van der Waals surface area contributed by atoms with E-state index in [-0.39, 0.29) is 11.8 Å². The minimum absolute atomic E-state index is 0.237. The SMILES string of the molecule is CCC1CCCCN1CCNC(=NC)NCCCNC(=O)C1CCC1. The minimum atomic E-state index is 0.237. The number of nitrogens with zero attached hydrogens (tertiary/aromatic N) is 2. The van der Waals surface area contributed by atoms with Crippen molar-refractivity contribution >= 4 is 11.9 Å². The van der Waals surface area contributed by atoms with Crippen LogP contribution in [0.25, 0.3) is 0 Å². The first kappa shape index (κ1) is 20.0. The number of aliphatic imine (C=N–C) groups is 1. The summed E-state index contributed by atoms with van der Waals surface area (Å²) in [7, 11) is 1.81. The average Bonchev–Trinajstić information content (AvgIpc) is 2.58. The molecule has 6 heteroatoms. The predicted molar refractivity (Wildman–Crippen MR) is 104 cm³/mol. The van der Waals surface area contributed by atoms with E-state index < -0.39 is 0 Å². The van der Waals surface area contributed by atoms with Crippen LogP contribution in [0.1, 0.15) is 58.3 Å². The van der Waals surface area contributed by atoms with E-state index in [1.807, 2.05) is 7.05 Å². The molecule has 2 aliphatic rings. The maximum absolute atomic E-state index is 11.7. The zero-order valence-corrected chi connectivity index (χ0v) is 16.1. The highest BCUT2D eigenvalue weighted by Crippen LogP contribution is 2.26. The minimum Gasteiger partial charge on any atom is -0.356 e. The Morgan fingerprint density at radius 1 is 1.04 bits per heavy atom. The molecule has 0 aromatic heterocycles. The molecule has 144 valence electrons. The zero-order chi connectivity index (χ0) is 17.9. The molecule has 6 nitrogen and oxygen atoms in total. The number of nitrogens with one attached hydrogen (secondary N) is 3. The molecule has 1 unspecified atom stereocenters. The van der Waals surface area contributed by atoms with Crippen LogP contribution in [-0.2, 0) is 4.79 Å². The van der Waals surface area contributed by atoms with E-state index in [1.54, 1.807) is 0 Å². The summed E-state index contributed by atoms with van der Waals surface area (Å²) in [6.45, 7) is 7.09. The number of piperidine rings is 1. The van der Waals surface area contributed by atoms with Crippen LogP contribution in [0.5, 0.6) is 0 Å². The number of likely N-dealkylation sites (tertiary alicyclic amines) is 1. The lowest BCUT2D eigenvalue weighted by Crippen LogP contribution is -2.46. The lowest BCUT2D eigenvalue weighted by Gasteiger charge is -2.35. The number of carbonyl (C=O) groups excluding carboxylic acids is 1. The van der Waals surface area contributed by atoms with E-state index in [9.17, 15) is 4.79 Å². The molecule has 0 radical (unpaired) electrons. The summed E-state index contributed by atoms with van der Waals surface area (Å²) in [4.78, 5) is 18.6. The van der Waals surface area contributed by atoms with Gasteiger partial charge in [0, 0.05) is 45.2 Å². The van der Waals surface area contributed by atoms with Crippen LogP contribution in [0.2, 0.25) is 0 Å². The van der Waals surface area contributed by atoms with Gasteiger partial charge < -0.3 is 16.0 Å². The van der Waals surface area contributed by atoms with Gasteiger partial charge in [-0.2, -0.15) is 0 Å². The first-order valence-electron chi connectivity index (χ1n) is 10.2. The third-order valence-corrected chi connectivity index (χ3v) is 5.56. The Labute approximate surface area is 153 Å². The van der Waals surface area contributed by atoms with Gasteiger partial charge in [-0.3, -0.25) is 14.7 Å². The number of hydrogen-bond acceptors (Lipinski definition) is 3. The van der Waals surface area contributed by atoms with Gasteiger partial charge >= 0.3 is 0 Å². The topological polar surface area (TPSA) is 68.8 Å². The molecular formula is C19H37N5O. The van der Waals surface area contributed by atoms with Gasteiger partial charge in [-0.25, -0.2) is 0 Å². The molecule has 2 fully saturated rings. The summed E-state index contributed by atoms with van der Waals surface area (Å²) in [5.74, 6) is 1.38. The van der Waals surface area contributed by atoms with Gasteiger partial charge in [-0.05, 0) is 45.1 Å². The zero-order valence-electron chi connectivity index (χ0n) is 16.1. The van der Waals surface area contributed by atoms with Gasteiger partial charge in [0.05, 0.1) is 0 Å². The van der Waals surface area contributed by atoms with Crippen molar-refractivity contribution in [1.29, 1.82) is 0 Å². The summed E-state index contributed by atoms with van der Waals surface area (Å²) in [6.07, 6.45) is 9.56. The number of hydrogen-bond donors (Lipinski definition) is 3. The lowest BCUT2D eigenvalue weighted by molar-refractivity contribution is -0.127. The molecule has 1 aliphatic carbocycles. The van der Waals surface area contributed by atoms with Crippen LogP contribution in [0.15, 0.2) is 4.99 Å². The number of guanidine groups is 1. The van der Waals surface area contributed by atoms with Crippen LogP contribution >= 0.6 is 0 Å². The second-order valence-corrected chi connectivity index (χ2v) is 7.29. The molecular weight excluding hydrogens is 314 g/mol. The summed E-state index contributed by atoms with van der Waals surface area (Å²) < 4.78 is 0. The molecule has 3 N–H and O–H groups in total. The third-order valence-electron chi connectivity index (χ3n) is 5.56. The van der Waals surface area contributed by atoms with Crippen molar-refractivity contribution in [2.24, 2.45) is 10.9 Å². The standard InChI is InChI=1S/C19H37N5O/c1-3-17-10-4-5-14-24(17)15-13-23-19(20-2)22-12-7-11-21-18(25)16-8-6-9-16/h16-17H,3-15H2,1-2H3,(H,21,25)(H2,20,22,23). The van der Waals surface area contributed by atoms with E-state index in [0.29, 0.717) is 0 Å². The number of amides is 1. The second kappa shape index (κ2) is 11.3. The molecule has 1 saturated carbocycles. The average molecular weight is 352 g/mol. The second-order valence-electron chi connectivity index (χ2n) is 7.29. The summed E-state index contributed by atoms with van der Waals surface area (Å²) >= 11 is 0. The molecule has 2 rings (SSSR count). The lowest BCUT2D eigenvalue weighted by atomic mass is 9.85. The Hall–Kier alpha value is -1.30. The molecule has 1 amide bonds. The Kier molecular flexibility index (Phi) is 9.08. The van der Waals surface area contributed by atoms with Crippen LogP contribution in [0, 0.1) is 5.92 Å². The van der Waals surface area contributed by atoms with Crippen LogP contribution in [0.4, 0.5) is 0 Å². The normalized spacial score (nSPS) is 22.3. The highest BCUT2D eigenvalue weighted by atomic mass is 16.1. The molecule has 1 heterocycles. The summed E-state index contributed by atoms with van der Waals surface area (Å²) in [6, 6.07) is 0.754. The number of carbonyl (C=O) groups is 1. The van der Waals surface area contributed by atoms with Gasteiger partial charge in [0.25, 0.3) is 0 Å². The van der Waals surface area contributed by atoms with Crippen molar-refractivity contribution in [2.75, 3.05) is 39.8 Å². The maximum Gasteiger partial charge on any atom is 0.223 e. The van der Waals surface area contributed by atoms with Crippen molar-refractivity contribution < 1.29 is 4.79 Å². The fourth-order valence-electron chi connectivity index (χ4n) is 3.68. The smallest absolute Gasteiger partial charge is 0.223 e. The van der Waals surface area contributed by atoms with Gasteiger partial charge in [-0.1, -0.05) is 19.8 Å². The van der Waals surface area contributed by atoms with E-state index in [2.05, 4.69) is 32.8 Å². The molecule has 0 spiro atoms. The highest BCUT2D eigenvalue weighted by molar-refractivity contribution is 5.80. The van der Waals surface area contributed by atoms with Crippen molar-refractivity contribution in [3.63, 3.8) is 0 Å². The first-order chi connectivity index (χ1) is 12.2. The maximum atomic E-state index is 11.7. The Balaban J connectivity index is 1.52. The van der Waals surface area contributed by atoms with Gasteiger partial charge in [-0.15, -0.1) is 0 Å². The monoisotopic (exact) mass is 351 g/mol. The van der Waals surface area contributed by atoms with Gasteiger partial charge in [0.15, 0.2) is 5.96 Å². The molecule has 1 aliphatic heterocycles. The Morgan fingerprint density at radius 3 is 2.48 bits per heavy atom. The van der Waals surface area contributed by atoms with E-state index in [4.69, 9.17) is 0 Å². The van der Waals surface area contributed by atoms with Crippen LogP contribution in [-0.4, -0.2) is 62.6 Å². The van der Waals surface area contributed by atoms with E-state index >= 15 is 0 Å². The molecule has 1 atom stereocenters. The Bertz CT molecular complexity index is 422. The molecule has 0 aromatic rings. The van der Waals surface area contributed by atoms with Gasteiger partial charge in [0.2, 0.25) is 5.91 Å². The van der Waals surface area contributed by atoms with E-state index in [0.717, 1.165) is 57.4 Å². The van der Waals surface area contributed by atoms with Gasteiger partial charge in [0.1, 0.15) is 0 Å². The largest absolute Gasteiger partial charge is 0.356 e. The highest BCUT2D eigenvalue weighted by Gasteiger charge is 2.24. The van der Waals surface area contributed by atoms with Crippen molar-refractivity contribution in [1.82, 2.24) is 20.9 Å². The summed E-state index contributed by atoms with van der Waals surface area (Å²) in [5.41, 5.74) is 0. The van der Waals surface area contributed by atoms with E-state index in [1.165, 1.54) is 38.6 Å². The molecule has 1 saturated heterocycles. The first-order valence-corrected chi connectivity index (χ1v) is 10.2. The van der Waals surface area contributed by atoms with Crippen molar-refractivity contribution in [3.05, 3.63) is 0 Å². The van der Waals surface area contributed by atoms with Crippen molar-refractivity contribution in [3.8, 4) is 0 Å². The summed E-state index contributed by atoms with van der Waals surface area (Å²) in [5, 5.41) is 9.77. The fraction of sp³-hybridized carbons (Fsp3) is 0.895. The fourth-order valence-corrected chi connectivity index (χ4v) is 3.68.